The largest absolute Gasteiger partial charge is 0.496 e. The quantitative estimate of drug-likeness (QED) is 0.632. The highest BCUT2D eigenvalue weighted by Gasteiger charge is 2.23. The van der Waals surface area contributed by atoms with Crippen molar-refractivity contribution in [2.75, 3.05) is 7.11 Å². The van der Waals surface area contributed by atoms with Crippen LogP contribution in [0, 0.1) is 0 Å². The number of benzene rings is 1. The molecule has 104 valence electrons. The van der Waals surface area contributed by atoms with Crippen molar-refractivity contribution >= 4 is 13.1 Å². The minimum Gasteiger partial charge on any atom is -0.496 e. The zero-order chi connectivity index (χ0) is 14.6. The Balaban J connectivity index is 3.10. The summed E-state index contributed by atoms with van der Waals surface area (Å²) in [4.78, 5) is 12.1. The molecule has 0 aliphatic rings. The molecule has 6 heteroatoms. The van der Waals surface area contributed by atoms with E-state index in [2.05, 4.69) is 0 Å². The average Bonchev–Trinajstić information content (AvgIpc) is 2.25. The topological polar surface area (TPSA) is 76.0 Å². The van der Waals surface area contributed by atoms with Gasteiger partial charge >= 0.3 is 13.1 Å². The van der Waals surface area contributed by atoms with E-state index in [1.807, 2.05) is 0 Å². The van der Waals surface area contributed by atoms with Crippen LogP contribution in [0.5, 0.6) is 5.75 Å². The third-order valence-electron chi connectivity index (χ3n) is 2.32. The van der Waals surface area contributed by atoms with E-state index in [-0.39, 0.29) is 11.9 Å². The van der Waals surface area contributed by atoms with Crippen molar-refractivity contribution in [3.63, 3.8) is 0 Å². The first-order valence-corrected chi connectivity index (χ1v) is 6.00. The SMILES string of the molecule is COc1c(CB(O)O)cccc1C(=O)OC(C)(C)C. The molecule has 0 saturated carbocycles. The molecule has 0 atom stereocenters. The molecule has 0 amide bonds. The Bertz CT molecular complexity index is 451. The lowest BCUT2D eigenvalue weighted by atomic mass is 9.81. The van der Waals surface area contributed by atoms with Gasteiger partial charge in [0.25, 0.3) is 0 Å². The molecular formula is C13H19BO5. The van der Waals surface area contributed by atoms with Gasteiger partial charge in [-0.2, -0.15) is 0 Å². The van der Waals surface area contributed by atoms with Crippen LogP contribution in [0.4, 0.5) is 0 Å². The van der Waals surface area contributed by atoms with Gasteiger partial charge in [-0.15, -0.1) is 0 Å². The maximum absolute atomic E-state index is 12.1. The van der Waals surface area contributed by atoms with Crippen LogP contribution in [-0.2, 0) is 11.1 Å². The Morgan fingerprint density at radius 3 is 2.42 bits per heavy atom. The van der Waals surface area contributed by atoms with Crippen LogP contribution in [-0.4, -0.2) is 35.8 Å². The van der Waals surface area contributed by atoms with Crippen LogP contribution in [0.3, 0.4) is 0 Å². The Kier molecular flexibility index (Phi) is 4.97. The molecule has 19 heavy (non-hydrogen) atoms. The molecule has 0 spiro atoms. The molecule has 0 aliphatic carbocycles. The third-order valence-corrected chi connectivity index (χ3v) is 2.32. The normalized spacial score (nSPS) is 11.1. The van der Waals surface area contributed by atoms with E-state index < -0.39 is 18.7 Å². The molecule has 0 bridgehead atoms. The van der Waals surface area contributed by atoms with E-state index in [4.69, 9.17) is 19.5 Å². The smallest absolute Gasteiger partial charge is 0.456 e. The molecule has 0 saturated heterocycles. The highest BCUT2D eigenvalue weighted by atomic mass is 16.6. The zero-order valence-electron chi connectivity index (χ0n) is 11.6. The summed E-state index contributed by atoms with van der Waals surface area (Å²) in [5.41, 5.74) is 0.214. The van der Waals surface area contributed by atoms with Gasteiger partial charge in [0.05, 0.1) is 7.11 Å². The lowest BCUT2D eigenvalue weighted by molar-refractivity contribution is 0.00663. The summed E-state index contributed by atoms with van der Waals surface area (Å²) in [5.74, 6) is -0.191. The Morgan fingerprint density at radius 2 is 1.95 bits per heavy atom. The number of para-hydroxylation sites is 1. The number of ether oxygens (including phenoxy) is 2. The van der Waals surface area contributed by atoms with E-state index in [0.29, 0.717) is 11.3 Å². The van der Waals surface area contributed by atoms with Gasteiger partial charge in [0.15, 0.2) is 0 Å². The lowest BCUT2D eigenvalue weighted by Gasteiger charge is -2.21. The molecule has 0 heterocycles. The summed E-state index contributed by atoms with van der Waals surface area (Å²) in [7, 11) is -0.0704. The van der Waals surface area contributed by atoms with Crippen LogP contribution in [0.15, 0.2) is 18.2 Å². The van der Waals surface area contributed by atoms with Crippen LogP contribution >= 0.6 is 0 Å². The first kappa shape index (κ1) is 15.5. The van der Waals surface area contributed by atoms with Crippen molar-refractivity contribution in [1.82, 2.24) is 0 Å². The zero-order valence-corrected chi connectivity index (χ0v) is 11.6. The summed E-state index contributed by atoms with van der Waals surface area (Å²) >= 11 is 0. The maximum atomic E-state index is 12.1. The van der Waals surface area contributed by atoms with Gasteiger partial charge in [-0.1, -0.05) is 12.1 Å². The molecule has 0 aliphatic heterocycles. The number of methoxy groups -OCH3 is 1. The van der Waals surface area contributed by atoms with Gasteiger partial charge in [0, 0.05) is 6.32 Å². The Labute approximate surface area is 113 Å². The third kappa shape index (κ3) is 4.57. The number of esters is 1. The van der Waals surface area contributed by atoms with Crippen LogP contribution in [0.1, 0.15) is 36.7 Å². The second kappa shape index (κ2) is 6.08. The van der Waals surface area contributed by atoms with E-state index in [9.17, 15) is 4.79 Å². The van der Waals surface area contributed by atoms with Crippen LogP contribution in [0.25, 0.3) is 0 Å². The summed E-state index contributed by atoms with van der Waals surface area (Å²) in [5, 5.41) is 18.1. The molecule has 2 N–H and O–H groups in total. The van der Waals surface area contributed by atoms with Gasteiger partial charge in [0.2, 0.25) is 0 Å². The van der Waals surface area contributed by atoms with E-state index in [0.717, 1.165) is 0 Å². The van der Waals surface area contributed by atoms with Gasteiger partial charge in [-0.05, 0) is 32.4 Å². The molecule has 5 nitrogen and oxygen atoms in total. The summed E-state index contributed by atoms with van der Waals surface area (Å²) in [6, 6.07) is 4.91. The number of hydrogen-bond acceptors (Lipinski definition) is 5. The molecule has 0 radical (unpaired) electrons. The molecule has 0 aromatic heterocycles. The van der Waals surface area contributed by atoms with Crippen molar-refractivity contribution in [2.45, 2.75) is 32.7 Å². The Hall–Kier alpha value is -1.53. The highest BCUT2D eigenvalue weighted by Crippen LogP contribution is 2.26. The predicted molar refractivity (Wildman–Crippen MR) is 72.1 cm³/mol. The standard InChI is InChI=1S/C13H19BO5/c1-13(2,3)19-12(15)10-7-5-6-9(8-14(16)17)11(10)18-4/h5-7,16-17H,8H2,1-4H3. The Morgan fingerprint density at radius 1 is 1.32 bits per heavy atom. The van der Waals surface area contributed by atoms with Gasteiger partial charge in [-0.3, -0.25) is 0 Å². The van der Waals surface area contributed by atoms with Gasteiger partial charge in [0.1, 0.15) is 16.9 Å². The lowest BCUT2D eigenvalue weighted by Crippen LogP contribution is -2.24. The molecular weight excluding hydrogens is 247 g/mol. The van der Waals surface area contributed by atoms with Crippen molar-refractivity contribution in [3.8, 4) is 5.75 Å². The fourth-order valence-corrected chi connectivity index (χ4v) is 1.68. The average molecular weight is 266 g/mol. The minimum atomic E-state index is -1.50. The fourth-order valence-electron chi connectivity index (χ4n) is 1.68. The van der Waals surface area contributed by atoms with Crippen LogP contribution in [0.2, 0.25) is 0 Å². The second-order valence-electron chi connectivity index (χ2n) is 5.18. The van der Waals surface area contributed by atoms with Crippen molar-refractivity contribution in [3.05, 3.63) is 29.3 Å². The maximum Gasteiger partial charge on any atom is 0.456 e. The number of carbonyl (C=O) groups excluding carboxylic acids is 1. The molecule has 1 rings (SSSR count). The summed E-state index contributed by atoms with van der Waals surface area (Å²) in [6.45, 7) is 5.33. The summed E-state index contributed by atoms with van der Waals surface area (Å²) < 4.78 is 10.5. The highest BCUT2D eigenvalue weighted by molar-refractivity contribution is 6.40. The number of carbonyl (C=O) groups is 1. The monoisotopic (exact) mass is 266 g/mol. The number of rotatable bonds is 4. The van der Waals surface area contributed by atoms with E-state index >= 15 is 0 Å². The van der Waals surface area contributed by atoms with Crippen LogP contribution < -0.4 is 4.74 Å². The fraction of sp³-hybridized carbons (Fsp3) is 0.462. The first-order chi connectivity index (χ1) is 8.74. The summed E-state index contributed by atoms with van der Waals surface area (Å²) in [6.07, 6.45) is -0.0141. The van der Waals surface area contributed by atoms with Gasteiger partial charge < -0.3 is 19.5 Å². The van der Waals surface area contributed by atoms with E-state index in [1.165, 1.54) is 7.11 Å². The molecule has 0 fully saturated rings. The van der Waals surface area contributed by atoms with E-state index in [1.54, 1.807) is 39.0 Å². The molecule has 0 unspecified atom stereocenters. The first-order valence-electron chi connectivity index (χ1n) is 6.00. The van der Waals surface area contributed by atoms with Crippen molar-refractivity contribution in [1.29, 1.82) is 0 Å². The second-order valence-corrected chi connectivity index (χ2v) is 5.18. The van der Waals surface area contributed by atoms with Crippen molar-refractivity contribution in [2.24, 2.45) is 0 Å². The predicted octanol–water partition coefficient (Wildman–Crippen LogP) is 1.21. The molecule has 1 aromatic rings. The minimum absolute atomic E-state index is 0.0141. The number of hydrogen-bond donors (Lipinski definition) is 2. The van der Waals surface area contributed by atoms with Gasteiger partial charge in [-0.25, -0.2) is 4.79 Å². The molecule has 1 aromatic carbocycles. The van der Waals surface area contributed by atoms with Crippen molar-refractivity contribution < 1.29 is 24.3 Å².